The molecule has 2 N–H and O–H groups in total. The van der Waals surface area contributed by atoms with Crippen molar-refractivity contribution in [3.63, 3.8) is 0 Å². The molecule has 1 fully saturated rings. The molecule has 1 aromatic carbocycles. The number of aryl methyl sites for hydroxylation is 2. The molecule has 0 aromatic heterocycles. The van der Waals surface area contributed by atoms with Crippen molar-refractivity contribution in [3.8, 4) is 0 Å². The van der Waals surface area contributed by atoms with Crippen molar-refractivity contribution in [3.05, 3.63) is 34.9 Å². The Morgan fingerprint density at radius 1 is 1.20 bits per heavy atom. The lowest BCUT2D eigenvalue weighted by atomic mass is 10.1. The summed E-state index contributed by atoms with van der Waals surface area (Å²) in [7, 11) is 2.12. The molecule has 0 radical (unpaired) electrons. The average molecular weight is 275 g/mol. The predicted octanol–water partition coefficient (Wildman–Crippen LogP) is 2.20. The molecule has 4 heteroatoms. The van der Waals surface area contributed by atoms with E-state index < -0.39 is 0 Å². The maximum Gasteiger partial charge on any atom is 0.315 e. The van der Waals surface area contributed by atoms with Gasteiger partial charge in [-0.05, 0) is 52.4 Å². The number of nitrogens with one attached hydrogen (secondary N) is 2. The average Bonchev–Trinajstić information content (AvgIpc) is 2.38. The molecule has 0 bridgehead atoms. The summed E-state index contributed by atoms with van der Waals surface area (Å²) in [4.78, 5) is 14.2. The molecule has 4 nitrogen and oxygen atoms in total. The first-order valence-corrected chi connectivity index (χ1v) is 7.33. The van der Waals surface area contributed by atoms with Gasteiger partial charge in [-0.25, -0.2) is 4.79 Å². The quantitative estimate of drug-likeness (QED) is 0.888. The standard InChI is InChI=1S/C16H25N3O/c1-12-8-13(2)10-14(9-12)11-17-16(20)18-15-4-6-19(3)7-5-15/h8-10,15H,4-7,11H2,1-3H3,(H2,17,18,20). The number of hydrogen-bond donors (Lipinski definition) is 2. The Balaban J connectivity index is 1.77. The lowest BCUT2D eigenvalue weighted by Gasteiger charge is -2.29. The highest BCUT2D eigenvalue weighted by Crippen LogP contribution is 2.09. The van der Waals surface area contributed by atoms with Crippen LogP contribution in [0.15, 0.2) is 18.2 Å². The van der Waals surface area contributed by atoms with E-state index in [1.807, 2.05) is 0 Å². The van der Waals surface area contributed by atoms with Crippen LogP contribution in [-0.4, -0.2) is 37.1 Å². The molecule has 0 spiro atoms. The molecule has 0 unspecified atom stereocenters. The van der Waals surface area contributed by atoms with E-state index in [1.165, 1.54) is 11.1 Å². The first-order chi connectivity index (χ1) is 9.52. The largest absolute Gasteiger partial charge is 0.335 e. The number of amides is 2. The Hall–Kier alpha value is -1.55. The lowest BCUT2D eigenvalue weighted by Crippen LogP contribution is -2.46. The van der Waals surface area contributed by atoms with Gasteiger partial charge in [0.05, 0.1) is 0 Å². The third-order valence-electron chi connectivity index (χ3n) is 3.79. The van der Waals surface area contributed by atoms with Crippen LogP contribution in [0.5, 0.6) is 0 Å². The molecular formula is C16H25N3O. The molecular weight excluding hydrogens is 250 g/mol. The van der Waals surface area contributed by atoms with Crippen molar-refractivity contribution in [2.45, 2.75) is 39.3 Å². The number of likely N-dealkylation sites (tertiary alicyclic amines) is 1. The third kappa shape index (κ3) is 4.53. The van der Waals surface area contributed by atoms with Crippen LogP contribution in [0, 0.1) is 13.8 Å². The summed E-state index contributed by atoms with van der Waals surface area (Å²) in [5, 5.41) is 6.01. The van der Waals surface area contributed by atoms with Crippen LogP contribution >= 0.6 is 0 Å². The Kier molecular flexibility index (Phi) is 5.01. The molecule has 1 saturated heterocycles. The number of carbonyl (C=O) groups is 1. The molecule has 2 rings (SSSR count). The predicted molar refractivity (Wildman–Crippen MR) is 81.8 cm³/mol. The van der Waals surface area contributed by atoms with E-state index in [4.69, 9.17) is 0 Å². The fourth-order valence-corrected chi connectivity index (χ4v) is 2.74. The summed E-state index contributed by atoms with van der Waals surface area (Å²) >= 11 is 0. The number of rotatable bonds is 3. The zero-order chi connectivity index (χ0) is 14.5. The number of hydrogen-bond acceptors (Lipinski definition) is 2. The van der Waals surface area contributed by atoms with Crippen LogP contribution in [0.3, 0.4) is 0 Å². The second-order valence-electron chi connectivity index (χ2n) is 5.90. The highest BCUT2D eigenvalue weighted by molar-refractivity contribution is 5.74. The molecule has 2 amide bonds. The Labute approximate surface area is 121 Å². The minimum Gasteiger partial charge on any atom is -0.335 e. The fourth-order valence-electron chi connectivity index (χ4n) is 2.74. The van der Waals surface area contributed by atoms with Crippen molar-refractivity contribution < 1.29 is 4.79 Å². The van der Waals surface area contributed by atoms with Gasteiger partial charge in [-0.1, -0.05) is 29.3 Å². The van der Waals surface area contributed by atoms with Crippen molar-refractivity contribution in [2.24, 2.45) is 0 Å². The summed E-state index contributed by atoms with van der Waals surface area (Å²) in [6.07, 6.45) is 2.07. The number of urea groups is 1. The van der Waals surface area contributed by atoms with E-state index >= 15 is 0 Å². The number of nitrogens with zero attached hydrogens (tertiary/aromatic N) is 1. The van der Waals surface area contributed by atoms with Crippen molar-refractivity contribution >= 4 is 6.03 Å². The van der Waals surface area contributed by atoms with Crippen LogP contribution in [0.2, 0.25) is 0 Å². The van der Waals surface area contributed by atoms with E-state index in [0.29, 0.717) is 12.6 Å². The van der Waals surface area contributed by atoms with Crippen LogP contribution in [-0.2, 0) is 6.54 Å². The lowest BCUT2D eigenvalue weighted by molar-refractivity contribution is 0.213. The van der Waals surface area contributed by atoms with Crippen LogP contribution in [0.25, 0.3) is 0 Å². The zero-order valence-electron chi connectivity index (χ0n) is 12.7. The molecule has 20 heavy (non-hydrogen) atoms. The first-order valence-electron chi connectivity index (χ1n) is 7.33. The Morgan fingerprint density at radius 2 is 1.80 bits per heavy atom. The number of piperidine rings is 1. The van der Waals surface area contributed by atoms with Crippen LogP contribution < -0.4 is 10.6 Å². The smallest absolute Gasteiger partial charge is 0.315 e. The minimum absolute atomic E-state index is 0.0567. The van der Waals surface area contributed by atoms with E-state index in [9.17, 15) is 4.79 Å². The van der Waals surface area contributed by atoms with Gasteiger partial charge in [-0.3, -0.25) is 0 Å². The van der Waals surface area contributed by atoms with Crippen molar-refractivity contribution in [1.82, 2.24) is 15.5 Å². The van der Waals surface area contributed by atoms with Gasteiger partial charge in [-0.2, -0.15) is 0 Å². The highest BCUT2D eigenvalue weighted by Gasteiger charge is 2.17. The molecule has 0 aliphatic carbocycles. The molecule has 1 aliphatic heterocycles. The van der Waals surface area contributed by atoms with Gasteiger partial charge >= 0.3 is 6.03 Å². The summed E-state index contributed by atoms with van der Waals surface area (Å²) in [5.41, 5.74) is 3.62. The monoisotopic (exact) mass is 275 g/mol. The SMILES string of the molecule is Cc1cc(C)cc(CNC(=O)NC2CCN(C)CC2)c1. The second kappa shape index (κ2) is 6.75. The van der Waals surface area contributed by atoms with Gasteiger partial charge in [0.2, 0.25) is 0 Å². The maximum atomic E-state index is 11.9. The first kappa shape index (κ1) is 14.9. The number of benzene rings is 1. The second-order valence-corrected chi connectivity index (χ2v) is 5.90. The summed E-state index contributed by atoms with van der Waals surface area (Å²) in [6, 6.07) is 6.62. The van der Waals surface area contributed by atoms with Crippen LogP contribution in [0.4, 0.5) is 4.79 Å². The molecule has 1 aliphatic rings. The normalized spacial score (nSPS) is 16.9. The van der Waals surface area contributed by atoms with Crippen LogP contribution in [0.1, 0.15) is 29.5 Å². The zero-order valence-corrected chi connectivity index (χ0v) is 12.7. The van der Waals surface area contributed by atoms with E-state index in [2.05, 4.69) is 54.6 Å². The Bertz CT molecular complexity index is 445. The van der Waals surface area contributed by atoms with Gasteiger partial charge in [-0.15, -0.1) is 0 Å². The molecule has 1 aromatic rings. The number of carbonyl (C=O) groups excluding carboxylic acids is 1. The highest BCUT2D eigenvalue weighted by atomic mass is 16.2. The molecule has 0 atom stereocenters. The van der Waals surface area contributed by atoms with Crippen molar-refractivity contribution in [1.29, 1.82) is 0 Å². The Morgan fingerprint density at radius 3 is 2.40 bits per heavy atom. The van der Waals surface area contributed by atoms with Gasteiger partial charge in [0, 0.05) is 12.6 Å². The van der Waals surface area contributed by atoms with Gasteiger partial charge < -0.3 is 15.5 Å². The molecule has 110 valence electrons. The summed E-state index contributed by atoms with van der Waals surface area (Å²) in [6.45, 7) is 6.86. The van der Waals surface area contributed by atoms with E-state index in [1.54, 1.807) is 0 Å². The van der Waals surface area contributed by atoms with Crippen molar-refractivity contribution in [2.75, 3.05) is 20.1 Å². The van der Waals surface area contributed by atoms with Gasteiger partial charge in [0.1, 0.15) is 0 Å². The van der Waals surface area contributed by atoms with Gasteiger partial charge in [0.15, 0.2) is 0 Å². The molecule has 0 saturated carbocycles. The minimum atomic E-state index is -0.0567. The maximum absolute atomic E-state index is 11.9. The fraction of sp³-hybridized carbons (Fsp3) is 0.562. The van der Waals surface area contributed by atoms with Gasteiger partial charge in [0.25, 0.3) is 0 Å². The molecule has 1 heterocycles. The summed E-state index contributed by atoms with van der Waals surface area (Å²) in [5.74, 6) is 0. The summed E-state index contributed by atoms with van der Waals surface area (Å²) < 4.78 is 0. The van der Waals surface area contributed by atoms with E-state index in [-0.39, 0.29) is 6.03 Å². The van der Waals surface area contributed by atoms with E-state index in [0.717, 1.165) is 31.5 Å². The third-order valence-corrected chi connectivity index (χ3v) is 3.79. The topological polar surface area (TPSA) is 44.4 Å².